The molecule has 1 aliphatic carbocycles. The molecular formula is C16H33N3O. The Morgan fingerprint density at radius 1 is 1.10 bits per heavy atom. The predicted molar refractivity (Wildman–Crippen MR) is 84.7 cm³/mol. The maximum Gasteiger partial charge on any atom is 0.240 e. The maximum absolute atomic E-state index is 12.2. The summed E-state index contributed by atoms with van der Waals surface area (Å²) >= 11 is 0. The average Bonchev–Trinajstić information content (AvgIpc) is 2.44. The lowest BCUT2D eigenvalue weighted by Crippen LogP contribution is -2.55. The van der Waals surface area contributed by atoms with Crippen LogP contribution < -0.4 is 11.1 Å². The topological polar surface area (TPSA) is 58.4 Å². The van der Waals surface area contributed by atoms with Gasteiger partial charge in [-0.25, -0.2) is 0 Å². The number of hydrogen-bond acceptors (Lipinski definition) is 3. The lowest BCUT2D eigenvalue weighted by molar-refractivity contribution is -0.127. The van der Waals surface area contributed by atoms with Gasteiger partial charge in [-0.15, -0.1) is 0 Å². The highest BCUT2D eigenvalue weighted by molar-refractivity contribution is 5.86. The normalized spacial score (nSPS) is 18.2. The summed E-state index contributed by atoms with van der Waals surface area (Å²) < 4.78 is 0. The van der Waals surface area contributed by atoms with Crippen LogP contribution >= 0.6 is 0 Å². The summed E-state index contributed by atoms with van der Waals surface area (Å²) in [5.74, 6) is 0.0646. The maximum atomic E-state index is 12.2. The molecule has 118 valence electrons. The molecule has 1 saturated carbocycles. The fourth-order valence-electron chi connectivity index (χ4n) is 3.06. The van der Waals surface area contributed by atoms with Crippen molar-refractivity contribution in [2.75, 3.05) is 26.2 Å². The average molecular weight is 283 g/mol. The van der Waals surface area contributed by atoms with Crippen molar-refractivity contribution < 1.29 is 4.79 Å². The lowest BCUT2D eigenvalue weighted by Gasteiger charge is -2.32. The number of carbonyl (C=O) groups is 1. The zero-order valence-corrected chi connectivity index (χ0v) is 13.4. The first-order chi connectivity index (χ1) is 9.62. The molecule has 1 amide bonds. The highest BCUT2D eigenvalue weighted by Crippen LogP contribution is 2.25. The summed E-state index contributed by atoms with van der Waals surface area (Å²) in [5, 5.41) is 3.04. The minimum Gasteiger partial charge on any atom is -0.354 e. The number of carbonyl (C=O) groups excluding carboxylic acids is 1. The molecule has 0 radical (unpaired) electrons. The molecule has 0 aromatic rings. The molecule has 0 spiro atoms. The zero-order valence-electron chi connectivity index (χ0n) is 13.4. The molecule has 0 saturated heterocycles. The summed E-state index contributed by atoms with van der Waals surface area (Å²) in [5.41, 5.74) is 5.63. The second kappa shape index (κ2) is 9.35. The third-order valence-corrected chi connectivity index (χ3v) is 4.21. The number of nitrogens with one attached hydrogen (secondary N) is 1. The SMILES string of the molecule is CCCN(CCC)CCCNC(=O)C1(N)CCCCC1. The molecule has 0 bridgehead atoms. The Morgan fingerprint density at radius 3 is 2.25 bits per heavy atom. The van der Waals surface area contributed by atoms with E-state index in [4.69, 9.17) is 5.73 Å². The van der Waals surface area contributed by atoms with Gasteiger partial charge in [-0.2, -0.15) is 0 Å². The number of nitrogens with zero attached hydrogens (tertiary/aromatic N) is 1. The second-order valence-electron chi connectivity index (χ2n) is 6.17. The molecule has 0 aromatic heterocycles. The van der Waals surface area contributed by atoms with Crippen LogP contribution in [0.15, 0.2) is 0 Å². The smallest absolute Gasteiger partial charge is 0.240 e. The van der Waals surface area contributed by atoms with Crippen LogP contribution in [0.1, 0.15) is 65.2 Å². The minimum atomic E-state index is -0.592. The van der Waals surface area contributed by atoms with Crippen molar-refractivity contribution in [2.24, 2.45) is 5.73 Å². The first kappa shape index (κ1) is 17.4. The van der Waals surface area contributed by atoms with Crippen LogP contribution in [0.3, 0.4) is 0 Å². The van der Waals surface area contributed by atoms with Gasteiger partial charge in [0.05, 0.1) is 5.54 Å². The summed E-state index contributed by atoms with van der Waals surface area (Å²) in [6.07, 6.45) is 8.48. The fraction of sp³-hybridized carbons (Fsp3) is 0.938. The van der Waals surface area contributed by atoms with E-state index >= 15 is 0 Å². The molecule has 0 heterocycles. The Balaban J connectivity index is 2.20. The molecule has 20 heavy (non-hydrogen) atoms. The molecule has 0 unspecified atom stereocenters. The molecule has 4 nitrogen and oxygen atoms in total. The van der Waals surface area contributed by atoms with E-state index in [1.807, 2.05) is 0 Å². The van der Waals surface area contributed by atoms with Gasteiger partial charge in [-0.1, -0.05) is 33.1 Å². The van der Waals surface area contributed by atoms with Gasteiger partial charge in [0.1, 0.15) is 0 Å². The molecule has 1 fully saturated rings. The van der Waals surface area contributed by atoms with E-state index in [1.165, 1.54) is 19.3 Å². The third kappa shape index (κ3) is 5.80. The number of nitrogens with two attached hydrogens (primary N) is 1. The van der Waals surface area contributed by atoms with E-state index in [1.54, 1.807) is 0 Å². The van der Waals surface area contributed by atoms with Gasteiger partial charge in [0.2, 0.25) is 5.91 Å². The Labute approximate surface area is 124 Å². The van der Waals surface area contributed by atoms with Crippen LogP contribution in [0.2, 0.25) is 0 Å². The molecular weight excluding hydrogens is 250 g/mol. The van der Waals surface area contributed by atoms with Crippen molar-refractivity contribution >= 4 is 5.91 Å². The Hall–Kier alpha value is -0.610. The molecule has 1 rings (SSSR count). The van der Waals surface area contributed by atoms with Crippen LogP contribution in [0, 0.1) is 0 Å². The van der Waals surface area contributed by atoms with Gasteiger partial charge in [-0.3, -0.25) is 4.79 Å². The van der Waals surface area contributed by atoms with E-state index in [2.05, 4.69) is 24.1 Å². The first-order valence-corrected chi connectivity index (χ1v) is 8.42. The molecule has 0 aliphatic heterocycles. The van der Waals surface area contributed by atoms with E-state index < -0.39 is 5.54 Å². The fourth-order valence-corrected chi connectivity index (χ4v) is 3.06. The summed E-state index contributed by atoms with van der Waals surface area (Å²) in [7, 11) is 0. The number of amides is 1. The van der Waals surface area contributed by atoms with Crippen molar-refractivity contribution in [3.8, 4) is 0 Å². The third-order valence-electron chi connectivity index (χ3n) is 4.21. The summed E-state index contributed by atoms with van der Waals surface area (Å²) in [4.78, 5) is 14.6. The Bertz CT molecular complexity index is 269. The zero-order chi connectivity index (χ0) is 14.8. The Morgan fingerprint density at radius 2 is 1.70 bits per heavy atom. The molecule has 0 aromatic carbocycles. The molecule has 3 N–H and O–H groups in total. The van der Waals surface area contributed by atoms with Crippen LogP contribution in [-0.2, 0) is 4.79 Å². The van der Waals surface area contributed by atoms with Crippen LogP contribution in [0.25, 0.3) is 0 Å². The summed E-state index contributed by atoms with van der Waals surface area (Å²) in [6.45, 7) is 8.56. The van der Waals surface area contributed by atoms with Crippen molar-refractivity contribution in [3.05, 3.63) is 0 Å². The monoisotopic (exact) mass is 283 g/mol. The van der Waals surface area contributed by atoms with Crippen LogP contribution in [-0.4, -0.2) is 42.5 Å². The van der Waals surface area contributed by atoms with Crippen molar-refractivity contribution in [2.45, 2.75) is 70.8 Å². The van der Waals surface area contributed by atoms with Gasteiger partial charge >= 0.3 is 0 Å². The van der Waals surface area contributed by atoms with Crippen molar-refractivity contribution in [1.82, 2.24) is 10.2 Å². The lowest BCUT2D eigenvalue weighted by atomic mass is 9.82. The van der Waals surface area contributed by atoms with Gasteiger partial charge < -0.3 is 16.0 Å². The predicted octanol–water partition coefficient (Wildman–Crippen LogP) is 2.28. The van der Waals surface area contributed by atoms with E-state index in [9.17, 15) is 4.79 Å². The minimum absolute atomic E-state index is 0.0646. The molecule has 1 aliphatic rings. The van der Waals surface area contributed by atoms with Crippen molar-refractivity contribution in [3.63, 3.8) is 0 Å². The summed E-state index contributed by atoms with van der Waals surface area (Å²) in [6, 6.07) is 0. The quantitative estimate of drug-likeness (QED) is 0.638. The Kier molecular flexibility index (Phi) is 8.15. The molecule has 0 atom stereocenters. The van der Waals surface area contributed by atoms with Gasteiger partial charge in [0, 0.05) is 6.54 Å². The van der Waals surface area contributed by atoms with E-state index in [-0.39, 0.29) is 5.91 Å². The van der Waals surface area contributed by atoms with Gasteiger partial charge in [-0.05, 0) is 51.7 Å². The van der Waals surface area contributed by atoms with Crippen molar-refractivity contribution in [1.29, 1.82) is 0 Å². The highest BCUT2D eigenvalue weighted by Gasteiger charge is 2.34. The van der Waals surface area contributed by atoms with Gasteiger partial charge in [0.15, 0.2) is 0 Å². The number of rotatable bonds is 9. The van der Waals surface area contributed by atoms with E-state index in [0.717, 1.165) is 58.3 Å². The number of hydrogen-bond donors (Lipinski definition) is 2. The highest BCUT2D eigenvalue weighted by atomic mass is 16.2. The van der Waals surface area contributed by atoms with Crippen LogP contribution in [0.4, 0.5) is 0 Å². The standard InChI is InChI=1S/C16H33N3O/c1-3-12-19(13-4-2)14-8-11-18-15(20)16(17)9-6-5-7-10-16/h3-14,17H2,1-2H3,(H,18,20). The van der Waals surface area contributed by atoms with Gasteiger partial charge in [0.25, 0.3) is 0 Å². The first-order valence-electron chi connectivity index (χ1n) is 8.42. The van der Waals surface area contributed by atoms with Crippen LogP contribution in [0.5, 0.6) is 0 Å². The largest absolute Gasteiger partial charge is 0.354 e. The second-order valence-corrected chi connectivity index (χ2v) is 6.17. The van der Waals surface area contributed by atoms with E-state index in [0.29, 0.717) is 0 Å². The molecule has 4 heteroatoms.